The van der Waals surface area contributed by atoms with Crippen molar-refractivity contribution in [2.24, 2.45) is 17.6 Å². The van der Waals surface area contributed by atoms with Crippen LogP contribution in [0.4, 0.5) is 5.69 Å². The van der Waals surface area contributed by atoms with Gasteiger partial charge in [0.1, 0.15) is 0 Å². The standard InChI is InChI=1S/C26H37N5O2/c1-17(2)25(32)29-20-7-4-6-19(14-20)23-15-31(16-28-23)22-12-10-18(11-13-22)24(27)26(33)30(3)21-8-5-9-21/h4,6-7,14-18,21-22,24H,5,8-13,27H2,1-3H3,(H,29,32)/t18?,22?,24-/m0/s1. The first-order chi connectivity index (χ1) is 15.8. The zero-order valence-electron chi connectivity index (χ0n) is 20.0. The lowest BCUT2D eigenvalue weighted by molar-refractivity contribution is -0.136. The van der Waals surface area contributed by atoms with E-state index >= 15 is 0 Å². The lowest BCUT2D eigenvalue weighted by Gasteiger charge is -2.39. The number of hydrogen-bond donors (Lipinski definition) is 2. The van der Waals surface area contributed by atoms with Gasteiger partial charge in [0.05, 0.1) is 18.1 Å². The zero-order chi connectivity index (χ0) is 23.5. The van der Waals surface area contributed by atoms with Crippen molar-refractivity contribution in [2.45, 2.75) is 76.9 Å². The van der Waals surface area contributed by atoms with Crippen LogP contribution in [0.5, 0.6) is 0 Å². The highest BCUT2D eigenvalue weighted by atomic mass is 16.2. The third-order valence-electron chi connectivity index (χ3n) is 7.48. The number of benzene rings is 1. The fraction of sp³-hybridized carbons (Fsp3) is 0.577. The van der Waals surface area contributed by atoms with Crippen molar-refractivity contribution in [3.05, 3.63) is 36.8 Å². The van der Waals surface area contributed by atoms with Gasteiger partial charge < -0.3 is 20.5 Å². The van der Waals surface area contributed by atoms with Crippen molar-refractivity contribution in [1.82, 2.24) is 14.5 Å². The van der Waals surface area contributed by atoms with E-state index in [1.54, 1.807) is 0 Å². The minimum absolute atomic E-state index is 0.00464. The number of carbonyl (C=O) groups excluding carboxylic acids is 2. The molecule has 178 valence electrons. The summed E-state index contributed by atoms with van der Waals surface area (Å²) in [6.07, 6.45) is 11.3. The SMILES string of the molecule is CC(C)C(=O)Nc1cccc(-c2cn(C3CCC([C@H](N)C(=O)N(C)C4CCC4)CC3)cn2)c1. The fourth-order valence-electron chi connectivity index (χ4n) is 4.88. The van der Waals surface area contributed by atoms with Gasteiger partial charge in [-0.3, -0.25) is 9.59 Å². The van der Waals surface area contributed by atoms with Crippen molar-refractivity contribution in [2.75, 3.05) is 12.4 Å². The van der Waals surface area contributed by atoms with Gasteiger partial charge in [0, 0.05) is 42.5 Å². The number of anilines is 1. The first-order valence-corrected chi connectivity index (χ1v) is 12.3. The van der Waals surface area contributed by atoms with E-state index < -0.39 is 6.04 Å². The van der Waals surface area contributed by atoms with Crippen LogP contribution in [0, 0.1) is 11.8 Å². The van der Waals surface area contributed by atoms with Crippen molar-refractivity contribution in [3.63, 3.8) is 0 Å². The smallest absolute Gasteiger partial charge is 0.239 e. The Hall–Kier alpha value is -2.67. The average Bonchev–Trinajstić information content (AvgIpc) is 3.27. The molecule has 1 aromatic heterocycles. The molecule has 0 spiro atoms. The molecule has 0 bridgehead atoms. The molecule has 1 aromatic carbocycles. The molecule has 0 radical (unpaired) electrons. The number of nitrogens with zero attached hydrogens (tertiary/aromatic N) is 3. The Morgan fingerprint density at radius 2 is 1.88 bits per heavy atom. The number of nitrogens with one attached hydrogen (secondary N) is 1. The number of carbonyl (C=O) groups is 2. The van der Waals surface area contributed by atoms with Crippen LogP contribution in [0.1, 0.15) is 64.8 Å². The van der Waals surface area contributed by atoms with Crippen LogP contribution in [0.25, 0.3) is 11.3 Å². The van der Waals surface area contributed by atoms with Crippen LogP contribution in [0.3, 0.4) is 0 Å². The highest BCUT2D eigenvalue weighted by Gasteiger charge is 2.34. The first-order valence-electron chi connectivity index (χ1n) is 12.3. The Labute approximate surface area is 196 Å². The van der Waals surface area contributed by atoms with Gasteiger partial charge in [0.15, 0.2) is 0 Å². The molecule has 2 aromatic rings. The second kappa shape index (κ2) is 10.1. The third-order valence-corrected chi connectivity index (χ3v) is 7.48. The first kappa shape index (κ1) is 23.5. The van der Waals surface area contributed by atoms with Crippen LogP contribution in [-0.4, -0.2) is 45.4 Å². The van der Waals surface area contributed by atoms with Gasteiger partial charge in [-0.15, -0.1) is 0 Å². The van der Waals surface area contributed by atoms with Crippen molar-refractivity contribution < 1.29 is 9.59 Å². The van der Waals surface area contributed by atoms with E-state index in [0.29, 0.717) is 12.1 Å². The maximum atomic E-state index is 12.8. The Kier molecular flexibility index (Phi) is 7.17. The van der Waals surface area contributed by atoms with Crippen LogP contribution < -0.4 is 11.1 Å². The largest absolute Gasteiger partial charge is 0.341 e. The van der Waals surface area contributed by atoms with E-state index in [2.05, 4.69) is 21.1 Å². The molecule has 0 saturated heterocycles. The Morgan fingerprint density at radius 1 is 1.15 bits per heavy atom. The maximum absolute atomic E-state index is 12.8. The predicted molar refractivity (Wildman–Crippen MR) is 131 cm³/mol. The average molecular weight is 452 g/mol. The summed E-state index contributed by atoms with van der Waals surface area (Å²) in [5.74, 6) is 0.299. The summed E-state index contributed by atoms with van der Waals surface area (Å²) in [6.45, 7) is 3.76. The number of likely N-dealkylation sites (N-methyl/N-ethyl adjacent to an activating group) is 1. The number of nitrogens with two attached hydrogens (primary N) is 1. The molecule has 0 unspecified atom stereocenters. The zero-order valence-corrected chi connectivity index (χ0v) is 20.0. The van der Waals surface area contributed by atoms with Crippen molar-refractivity contribution in [3.8, 4) is 11.3 Å². The molecule has 1 heterocycles. The Morgan fingerprint density at radius 3 is 2.52 bits per heavy atom. The fourth-order valence-corrected chi connectivity index (χ4v) is 4.88. The molecular weight excluding hydrogens is 414 g/mol. The van der Waals surface area contributed by atoms with E-state index in [4.69, 9.17) is 5.73 Å². The summed E-state index contributed by atoms with van der Waals surface area (Å²) in [6, 6.07) is 8.19. The molecule has 2 amide bonds. The Bertz CT molecular complexity index is 973. The van der Waals surface area contributed by atoms with Gasteiger partial charge in [0.2, 0.25) is 11.8 Å². The van der Waals surface area contributed by atoms with E-state index in [1.807, 2.05) is 56.4 Å². The monoisotopic (exact) mass is 451 g/mol. The number of aromatic nitrogens is 2. The number of amides is 2. The van der Waals surface area contributed by atoms with Crippen LogP contribution >= 0.6 is 0 Å². The highest BCUT2D eigenvalue weighted by molar-refractivity contribution is 5.92. The van der Waals surface area contributed by atoms with E-state index in [9.17, 15) is 9.59 Å². The molecule has 2 fully saturated rings. The summed E-state index contributed by atoms with van der Waals surface area (Å²) in [7, 11) is 1.91. The van der Waals surface area contributed by atoms with Gasteiger partial charge in [-0.25, -0.2) is 4.98 Å². The minimum Gasteiger partial charge on any atom is -0.341 e. The normalized spacial score (nSPS) is 22.0. The lowest BCUT2D eigenvalue weighted by atomic mass is 9.80. The van der Waals surface area contributed by atoms with Gasteiger partial charge in [-0.05, 0) is 63.0 Å². The quantitative estimate of drug-likeness (QED) is 0.659. The summed E-state index contributed by atoms with van der Waals surface area (Å²) >= 11 is 0. The van der Waals surface area contributed by atoms with Crippen LogP contribution in [-0.2, 0) is 9.59 Å². The predicted octanol–water partition coefficient (Wildman–Crippen LogP) is 4.21. The molecule has 2 aliphatic carbocycles. The minimum atomic E-state index is -0.390. The summed E-state index contributed by atoms with van der Waals surface area (Å²) in [4.78, 5) is 31.3. The number of rotatable bonds is 7. The van der Waals surface area contributed by atoms with Crippen LogP contribution in [0.2, 0.25) is 0 Å². The van der Waals surface area contributed by atoms with E-state index in [1.165, 1.54) is 6.42 Å². The molecule has 7 heteroatoms. The molecule has 1 atom stereocenters. The molecule has 0 aliphatic heterocycles. The van der Waals surface area contributed by atoms with E-state index in [-0.39, 0.29) is 23.7 Å². The Balaban J connectivity index is 1.34. The number of imidazole rings is 1. The molecule has 2 saturated carbocycles. The third kappa shape index (κ3) is 5.29. The van der Waals surface area contributed by atoms with Crippen LogP contribution in [0.15, 0.2) is 36.8 Å². The van der Waals surface area contributed by atoms with Gasteiger partial charge in [-0.1, -0.05) is 26.0 Å². The molecule has 33 heavy (non-hydrogen) atoms. The molecule has 4 rings (SSSR count). The molecule has 7 nitrogen and oxygen atoms in total. The summed E-state index contributed by atoms with van der Waals surface area (Å²) in [5.41, 5.74) is 9.06. The second-order valence-electron chi connectivity index (χ2n) is 10.1. The van der Waals surface area contributed by atoms with Crippen molar-refractivity contribution in [1.29, 1.82) is 0 Å². The highest BCUT2D eigenvalue weighted by Crippen LogP contribution is 2.35. The second-order valence-corrected chi connectivity index (χ2v) is 10.1. The molecule has 3 N–H and O–H groups in total. The van der Waals surface area contributed by atoms with Gasteiger partial charge in [-0.2, -0.15) is 0 Å². The van der Waals surface area contributed by atoms with E-state index in [0.717, 1.165) is 55.5 Å². The molecular formula is C26H37N5O2. The summed E-state index contributed by atoms with van der Waals surface area (Å²) < 4.78 is 2.19. The van der Waals surface area contributed by atoms with Gasteiger partial charge in [0.25, 0.3) is 0 Å². The lowest BCUT2D eigenvalue weighted by Crippen LogP contribution is -2.52. The molecule has 2 aliphatic rings. The number of hydrogen-bond acceptors (Lipinski definition) is 4. The van der Waals surface area contributed by atoms with Crippen molar-refractivity contribution >= 4 is 17.5 Å². The van der Waals surface area contributed by atoms with Gasteiger partial charge >= 0.3 is 0 Å². The summed E-state index contributed by atoms with van der Waals surface area (Å²) in [5, 5.41) is 2.95. The topological polar surface area (TPSA) is 93.2 Å². The maximum Gasteiger partial charge on any atom is 0.239 e.